The fraction of sp³-hybridized carbons (Fsp3) is 0.136. The molecule has 0 radical (unpaired) electrons. The predicted octanol–water partition coefficient (Wildman–Crippen LogP) is 5.52. The van der Waals surface area contributed by atoms with Gasteiger partial charge in [-0.3, -0.25) is 4.79 Å². The van der Waals surface area contributed by atoms with Crippen molar-refractivity contribution in [3.8, 4) is 0 Å². The maximum absolute atomic E-state index is 13.6. The number of hydrogen-bond acceptors (Lipinski definition) is 2. The zero-order chi connectivity index (χ0) is 19.7. The molecule has 6 heteroatoms. The highest BCUT2D eigenvalue weighted by Crippen LogP contribution is 2.27. The lowest BCUT2D eigenvalue weighted by Crippen LogP contribution is -2.28. The molecule has 0 aliphatic heterocycles. The minimum atomic E-state index is -0.894. The van der Waals surface area contributed by atoms with Gasteiger partial charge in [-0.15, -0.1) is 11.3 Å². The zero-order valence-corrected chi connectivity index (χ0v) is 16.0. The van der Waals surface area contributed by atoms with Gasteiger partial charge in [0.05, 0.1) is 16.3 Å². The Morgan fingerprint density at radius 1 is 1.07 bits per heavy atom. The summed E-state index contributed by atoms with van der Waals surface area (Å²) in [5.41, 5.74) is 2.99. The third-order valence-electron chi connectivity index (χ3n) is 4.73. The molecular weight excluding hydrogens is 378 g/mol. The quantitative estimate of drug-likeness (QED) is 0.473. The number of hydrogen-bond donors (Lipinski definition) is 1. The number of nitrogens with one attached hydrogen (secondary N) is 1. The third kappa shape index (κ3) is 3.55. The van der Waals surface area contributed by atoms with Crippen LogP contribution in [0.5, 0.6) is 0 Å². The van der Waals surface area contributed by atoms with Gasteiger partial charge in [0.1, 0.15) is 5.69 Å². The molecule has 2 aromatic carbocycles. The number of aromatic nitrogens is 1. The summed E-state index contributed by atoms with van der Waals surface area (Å²) in [6, 6.07) is 17.1. The second-order valence-corrected chi connectivity index (χ2v) is 7.59. The SMILES string of the molecule is CC(NC(=O)c1cc2sccc2n1Cc1ccc(F)c(F)c1)c1ccccc1. The molecule has 2 heterocycles. The molecule has 1 unspecified atom stereocenters. The Bertz CT molecular complexity index is 1130. The number of carbonyl (C=O) groups excluding carboxylic acids is 1. The maximum atomic E-state index is 13.6. The average molecular weight is 396 g/mol. The van der Waals surface area contributed by atoms with E-state index in [1.54, 1.807) is 0 Å². The van der Waals surface area contributed by atoms with E-state index in [1.165, 1.54) is 23.5 Å². The van der Waals surface area contributed by atoms with Gasteiger partial charge in [-0.1, -0.05) is 36.4 Å². The number of halogens is 2. The highest BCUT2D eigenvalue weighted by atomic mass is 32.1. The smallest absolute Gasteiger partial charge is 0.268 e. The van der Waals surface area contributed by atoms with Gasteiger partial charge >= 0.3 is 0 Å². The molecule has 28 heavy (non-hydrogen) atoms. The zero-order valence-electron chi connectivity index (χ0n) is 15.2. The van der Waals surface area contributed by atoms with Crippen LogP contribution in [0.1, 0.15) is 34.6 Å². The van der Waals surface area contributed by atoms with Crippen LogP contribution in [0.4, 0.5) is 8.78 Å². The van der Waals surface area contributed by atoms with E-state index >= 15 is 0 Å². The Balaban J connectivity index is 1.65. The van der Waals surface area contributed by atoms with Crippen molar-refractivity contribution >= 4 is 27.5 Å². The van der Waals surface area contributed by atoms with Crippen molar-refractivity contribution in [1.82, 2.24) is 9.88 Å². The van der Waals surface area contributed by atoms with E-state index in [-0.39, 0.29) is 18.5 Å². The highest BCUT2D eigenvalue weighted by molar-refractivity contribution is 7.17. The van der Waals surface area contributed by atoms with Gasteiger partial charge in [-0.25, -0.2) is 8.78 Å². The topological polar surface area (TPSA) is 34.0 Å². The maximum Gasteiger partial charge on any atom is 0.268 e. The van der Waals surface area contributed by atoms with Gasteiger partial charge in [-0.2, -0.15) is 0 Å². The molecule has 0 aliphatic rings. The molecule has 4 aromatic rings. The Kier molecular flexibility index (Phi) is 4.96. The molecule has 0 saturated heterocycles. The van der Waals surface area contributed by atoms with Gasteiger partial charge in [0.15, 0.2) is 11.6 Å². The molecule has 2 aromatic heterocycles. The van der Waals surface area contributed by atoms with Crippen molar-refractivity contribution in [3.05, 3.63) is 94.5 Å². The number of thiophene rings is 1. The van der Waals surface area contributed by atoms with Gasteiger partial charge < -0.3 is 9.88 Å². The standard InChI is InChI=1S/C22H18F2N2OS/c1-14(16-5-3-2-4-6-16)25-22(27)20-12-21-19(9-10-28-21)26(20)13-15-7-8-17(23)18(24)11-15/h2-12,14H,13H2,1H3,(H,25,27). The van der Waals surface area contributed by atoms with Gasteiger partial charge in [0, 0.05) is 6.54 Å². The molecule has 3 nitrogen and oxygen atoms in total. The number of carbonyl (C=O) groups is 1. The van der Waals surface area contributed by atoms with E-state index in [9.17, 15) is 13.6 Å². The average Bonchev–Trinajstić information content (AvgIpc) is 3.28. The van der Waals surface area contributed by atoms with E-state index < -0.39 is 11.6 Å². The number of nitrogens with zero attached hydrogens (tertiary/aromatic N) is 1. The number of amides is 1. The van der Waals surface area contributed by atoms with Gasteiger partial charge in [0.2, 0.25) is 0 Å². The molecule has 0 bridgehead atoms. The monoisotopic (exact) mass is 396 g/mol. The van der Waals surface area contributed by atoms with E-state index in [0.29, 0.717) is 11.3 Å². The molecule has 142 valence electrons. The molecule has 4 rings (SSSR count). The highest BCUT2D eigenvalue weighted by Gasteiger charge is 2.19. The van der Waals surface area contributed by atoms with Crippen molar-refractivity contribution in [2.24, 2.45) is 0 Å². The van der Waals surface area contributed by atoms with Gasteiger partial charge in [0.25, 0.3) is 5.91 Å². The summed E-state index contributed by atoms with van der Waals surface area (Å²) in [7, 11) is 0. The number of benzene rings is 2. The molecule has 0 fully saturated rings. The van der Waals surface area contributed by atoms with Crippen LogP contribution in [-0.2, 0) is 6.54 Å². The fourth-order valence-corrected chi connectivity index (χ4v) is 4.07. The van der Waals surface area contributed by atoms with E-state index in [1.807, 2.05) is 59.3 Å². The predicted molar refractivity (Wildman–Crippen MR) is 108 cm³/mol. The molecule has 0 spiro atoms. The molecule has 0 saturated carbocycles. The van der Waals surface area contributed by atoms with Crippen LogP contribution in [0.3, 0.4) is 0 Å². The minimum absolute atomic E-state index is 0.154. The van der Waals surface area contributed by atoms with Crippen LogP contribution in [-0.4, -0.2) is 10.5 Å². The number of fused-ring (bicyclic) bond motifs is 1. The lowest BCUT2D eigenvalue weighted by molar-refractivity contribution is 0.0931. The second-order valence-electron chi connectivity index (χ2n) is 6.64. The van der Waals surface area contributed by atoms with Crippen molar-refractivity contribution < 1.29 is 13.6 Å². The summed E-state index contributed by atoms with van der Waals surface area (Å²) >= 11 is 1.54. The molecule has 0 aliphatic carbocycles. The Morgan fingerprint density at radius 2 is 1.86 bits per heavy atom. The third-order valence-corrected chi connectivity index (χ3v) is 5.58. The summed E-state index contributed by atoms with van der Waals surface area (Å²) in [5.74, 6) is -1.98. The van der Waals surface area contributed by atoms with Gasteiger partial charge in [-0.05, 0) is 47.7 Å². The lowest BCUT2D eigenvalue weighted by atomic mass is 10.1. The molecule has 1 N–H and O–H groups in total. The van der Waals surface area contributed by atoms with Crippen LogP contribution in [0, 0.1) is 11.6 Å². The normalized spacial score (nSPS) is 12.2. The molecule has 1 amide bonds. The van der Waals surface area contributed by atoms with Crippen LogP contribution in [0.15, 0.2) is 66.0 Å². The first-order valence-electron chi connectivity index (χ1n) is 8.89. The van der Waals surface area contributed by atoms with Crippen molar-refractivity contribution in [3.63, 3.8) is 0 Å². The molecular formula is C22H18F2N2OS. The lowest BCUT2D eigenvalue weighted by Gasteiger charge is -2.16. The summed E-state index contributed by atoms with van der Waals surface area (Å²) in [6.45, 7) is 2.21. The van der Waals surface area contributed by atoms with Crippen molar-refractivity contribution in [1.29, 1.82) is 0 Å². The number of rotatable bonds is 5. The van der Waals surface area contributed by atoms with E-state index in [4.69, 9.17) is 0 Å². The summed E-state index contributed by atoms with van der Waals surface area (Å²) < 4.78 is 29.7. The Morgan fingerprint density at radius 3 is 2.61 bits per heavy atom. The fourth-order valence-electron chi connectivity index (χ4n) is 3.25. The first-order chi connectivity index (χ1) is 13.5. The summed E-state index contributed by atoms with van der Waals surface area (Å²) in [6.07, 6.45) is 0. The second kappa shape index (κ2) is 7.56. The van der Waals surface area contributed by atoms with Crippen LogP contribution >= 0.6 is 11.3 Å². The van der Waals surface area contributed by atoms with Crippen LogP contribution in [0.2, 0.25) is 0 Å². The minimum Gasteiger partial charge on any atom is -0.344 e. The Hall–Kier alpha value is -2.99. The van der Waals surface area contributed by atoms with E-state index in [0.717, 1.165) is 21.8 Å². The van der Waals surface area contributed by atoms with Crippen LogP contribution < -0.4 is 5.32 Å². The van der Waals surface area contributed by atoms with E-state index in [2.05, 4.69) is 5.32 Å². The van der Waals surface area contributed by atoms with Crippen molar-refractivity contribution in [2.45, 2.75) is 19.5 Å². The molecule has 1 atom stereocenters. The first kappa shape index (κ1) is 18.4. The summed E-state index contributed by atoms with van der Waals surface area (Å²) in [4.78, 5) is 13.0. The Labute approximate surface area is 165 Å². The first-order valence-corrected chi connectivity index (χ1v) is 9.77. The largest absolute Gasteiger partial charge is 0.344 e. The summed E-state index contributed by atoms with van der Waals surface area (Å²) in [5, 5.41) is 4.97. The van der Waals surface area contributed by atoms with Crippen LogP contribution in [0.25, 0.3) is 10.2 Å². The van der Waals surface area contributed by atoms with Crippen molar-refractivity contribution in [2.75, 3.05) is 0 Å².